The summed E-state index contributed by atoms with van der Waals surface area (Å²) in [5.74, 6) is -0.363. The van der Waals surface area contributed by atoms with Gasteiger partial charge in [0.05, 0.1) is 4.47 Å². The van der Waals surface area contributed by atoms with Crippen molar-refractivity contribution >= 4 is 21.8 Å². The fraction of sp³-hybridized carbons (Fsp3) is 0.533. The van der Waals surface area contributed by atoms with Crippen molar-refractivity contribution in [2.45, 2.75) is 38.8 Å². The quantitative estimate of drug-likeness (QED) is 0.914. The van der Waals surface area contributed by atoms with Crippen LogP contribution < -0.4 is 5.32 Å². The summed E-state index contributed by atoms with van der Waals surface area (Å²) < 4.78 is 13.6. The van der Waals surface area contributed by atoms with Gasteiger partial charge in [-0.2, -0.15) is 0 Å². The highest BCUT2D eigenvalue weighted by atomic mass is 79.9. The highest BCUT2D eigenvalue weighted by molar-refractivity contribution is 9.10. The maximum atomic E-state index is 13.3. The Kier molecular flexibility index (Phi) is 5.16. The molecule has 1 fully saturated rings. The molecule has 110 valence electrons. The summed E-state index contributed by atoms with van der Waals surface area (Å²) >= 11 is 3.14. The normalized spacial score (nSPS) is 22.9. The van der Waals surface area contributed by atoms with E-state index in [0.717, 1.165) is 19.4 Å². The van der Waals surface area contributed by atoms with Crippen molar-refractivity contribution in [3.8, 4) is 0 Å². The molecule has 2 atom stereocenters. The molecule has 20 heavy (non-hydrogen) atoms. The van der Waals surface area contributed by atoms with Crippen LogP contribution in [0.25, 0.3) is 0 Å². The van der Waals surface area contributed by atoms with Gasteiger partial charge in [-0.15, -0.1) is 0 Å². The summed E-state index contributed by atoms with van der Waals surface area (Å²) in [4.78, 5) is 14.6. The molecule has 1 aromatic carbocycles. The van der Waals surface area contributed by atoms with E-state index in [1.165, 1.54) is 6.07 Å². The summed E-state index contributed by atoms with van der Waals surface area (Å²) in [5, 5.41) is 3.46. The number of benzene rings is 1. The van der Waals surface area contributed by atoms with Gasteiger partial charge in [0.25, 0.3) is 5.91 Å². The Labute approximate surface area is 127 Å². The SMILES string of the molecule is CCC1CN(C(=O)c2ccc(F)c(Br)c2)C(CC)CN1. The predicted octanol–water partition coefficient (Wildman–Crippen LogP) is 3.19. The molecule has 0 aromatic heterocycles. The number of rotatable bonds is 3. The number of carbonyl (C=O) groups excluding carboxylic acids is 1. The molecule has 2 rings (SSSR count). The Morgan fingerprint density at radius 3 is 2.80 bits per heavy atom. The van der Waals surface area contributed by atoms with Gasteiger partial charge in [0.1, 0.15) is 5.82 Å². The van der Waals surface area contributed by atoms with E-state index in [1.807, 2.05) is 4.90 Å². The lowest BCUT2D eigenvalue weighted by molar-refractivity contribution is 0.0576. The largest absolute Gasteiger partial charge is 0.333 e. The van der Waals surface area contributed by atoms with E-state index < -0.39 is 0 Å². The first kappa shape index (κ1) is 15.4. The summed E-state index contributed by atoms with van der Waals surface area (Å²) in [6.07, 6.45) is 1.91. The van der Waals surface area contributed by atoms with Crippen LogP contribution in [-0.2, 0) is 0 Å². The topological polar surface area (TPSA) is 32.3 Å². The number of nitrogens with zero attached hydrogens (tertiary/aromatic N) is 1. The first-order valence-electron chi connectivity index (χ1n) is 7.06. The molecule has 1 amide bonds. The minimum absolute atomic E-state index is 0.0162. The number of hydrogen-bond donors (Lipinski definition) is 1. The van der Waals surface area contributed by atoms with E-state index in [2.05, 4.69) is 35.1 Å². The highest BCUT2D eigenvalue weighted by Gasteiger charge is 2.30. The molecule has 0 bridgehead atoms. The van der Waals surface area contributed by atoms with E-state index >= 15 is 0 Å². The fourth-order valence-electron chi connectivity index (χ4n) is 2.55. The van der Waals surface area contributed by atoms with E-state index in [4.69, 9.17) is 0 Å². The van der Waals surface area contributed by atoms with Crippen LogP contribution in [0.1, 0.15) is 37.0 Å². The smallest absolute Gasteiger partial charge is 0.254 e. The van der Waals surface area contributed by atoms with E-state index in [-0.39, 0.29) is 17.8 Å². The standard InChI is InChI=1S/C15H20BrFN2O/c1-3-11-9-19(12(4-2)8-18-11)15(20)10-5-6-14(17)13(16)7-10/h5-7,11-12,18H,3-4,8-9H2,1-2H3. The van der Waals surface area contributed by atoms with Crippen molar-refractivity contribution in [3.05, 3.63) is 34.1 Å². The monoisotopic (exact) mass is 342 g/mol. The summed E-state index contributed by atoms with van der Waals surface area (Å²) in [7, 11) is 0. The van der Waals surface area contributed by atoms with Crippen molar-refractivity contribution in [1.82, 2.24) is 10.2 Å². The molecule has 1 N–H and O–H groups in total. The van der Waals surface area contributed by atoms with Gasteiger partial charge >= 0.3 is 0 Å². The predicted molar refractivity (Wildman–Crippen MR) is 81.3 cm³/mol. The Bertz CT molecular complexity index is 495. The van der Waals surface area contributed by atoms with Gasteiger partial charge in [0.2, 0.25) is 0 Å². The molecule has 0 spiro atoms. The number of amides is 1. The second-order valence-corrected chi connectivity index (χ2v) is 6.02. The van der Waals surface area contributed by atoms with Gasteiger partial charge in [-0.05, 0) is 47.0 Å². The molecule has 0 saturated carbocycles. The van der Waals surface area contributed by atoms with Crippen LogP contribution in [0.15, 0.2) is 22.7 Å². The molecule has 0 radical (unpaired) electrons. The van der Waals surface area contributed by atoms with Crippen LogP contribution >= 0.6 is 15.9 Å². The second kappa shape index (κ2) is 6.68. The average Bonchev–Trinajstić information content (AvgIpc) is 2.48. The number of carbonyl (C=O) groups is 1. The van der Waals surface area contributed by atoms with Crippen LogP contribution in [0.2, 0.25) is 0 Å². The molecular weight excluding hydrogens is 323 g/mol. The zero-order valence-electron chi connectivity index (χ0n) is 11.8. The van der Waals surface area contributed by atoms with Crippen molar-refractivity contribution in [3.63, 3.8) is 0 Å². The van der Waals surface area contributed by atoms with Crippen LogP contribution in [0.5, 0.6) is 0 Å². The molecule has 1 saturated heterocycles. The number of halogens is 2. The Balaban J connectivity index is 2.22. The third kappa shape index (κ3) is 3.20. The molecule has 3 nitrogen and oxygen atoms in total. The lowest BCUT2D eigenvalue weighted by Crippen LogP contribution is -2.57. The summed E-state index contributed by atoms with van der Waals surface area (Å²) in [6, 6.07) is 4.99. The number of nitrogens with one attached hydrogen (secondary N) is 1. The third-order valence-corrected chi connectivity index (χ3v) is 4.50. The summed E-state index contributed by atoms with van der Waals surface area (Å²) in [6.45, 7) is 5.73. The van der Waals surface area contributed by atoms with Crippen LogP contribution in [0.4, 0.5) is 4.39 Å². The van der Waals surface area contributed by atoms with Crippen molar-refractivity contribution in [1.29, 1.82) is 0 Å². The first-order chi connectivity index (χ1) is 9.56. The van der Waals surface area contributed by atoms with Crippen LogP contribution in [-0.4, -0.2) is 36.0 Å². The number of piperazine rings is 1. The van der Waals surface area contributed by atoms with Crippen molar-refractivity contribution < 1.29 is 9.18 Å². The van der Waals surface area contributed by atoms with Crippen molar-refractivity contribution in [2.24, 2.45) is 0 Å². The number of hydrogen-bond acceptors (Lipinski definition) is 2. The molecule has 1 aromatic rings. The van der Waals surface area contributed by atoms with E-state index in [0.29, 0.717) is 22.6 Å². The van der Waals surface area contributed by atoms with E-state index in [1.54, 1.807) is 12.1 Å². The van der Waals surface area contributed by atoms with Crippen molar-refractivity contribution in [2.75, 3.05) is 13.1 Å². The molecule has 1 heterocycles. The third-order valence-electron chi connectivity index (χ3n) is 3.89. The maximum absolute atomic E-state index is 13.3. The zero-order chi connectivity index (χ0) is 14.7. The molecule has 2 unspecified atom stereocenters. The molecule has 1 aliphatic rings. The van der Waals surface area contributed by atoms with Gasteiger partial charge < -0.3 is 10.2 Å². The van der Waals surface area contributed by atoms with Gasteiger partial charge in [-0.1, -0.05) is 13.8 Å². The Hall–Kier alpha value is -0.940. The fourth-order valence-corrected chi connectivity index (χ4v) is 2.92. The second-order valence-electron chi connectivity index (χ2n) is 5.16. The minimum Gasteiger partial charge on any atom is -0.333 e. The van der Waals surface area contributed by atoms with E-state index in [9.17, 15) is 9.18 Å². The van der Waals surface area contributed by atoms with Gasteiger partial charge in [-0.25, -0.2) is 4.39 Å². The van der Waals surface area contributed by atoms with Gasteiger partial charge in [0.15, 0.2) is 0 Å². The van der Waals surface area contributed by atoms with Crippen LogP contribution in [0.3, 0.4) is 0 Å². The lowest BCUT2D eigenvalue weighted by Gasteiger charge is -2.40. The van der Waals surface area contributed by atoms with Gasteiger partial charge in [0, 0.05) is 30.7 Å². The Morgan fingerprint density at radius 1 is 1.45 bits per heavy atom. The Morgan fingerprint density at radius 2 is 2.20 bits per heavy atom. The maximum Gasteiger partial charge on any atom is 0.254 e. The molecule has 1 aliphatic heterocycles. The molecular formula is C15H20BrFN2O. The first-order valence-corrected chi connectivity index (χ1v) is 7.85. The average molecular weight is 343 g/mol. The van der Waals surface area contributed by atoms with Gasteiger partial charge in [-0.3, -0.25) is 4.79 Å². The summed E-state index contributed by atoms with van der Waals surface area (Å²) in [5.41, 5.74) is 0.536. The lowest BCUT2D eigenvalue weighted by atomic mass is 10.0. The van der Waals surface area contributed by atoms with Crippen LogP contribution in [0, 0.1) is 5.82 Å². The highest BCUT2D eigenvalue weighted by Crippen LogP contribution is 2.21. The minimum atomic E-state index is -0.347. The molecule has 5 heteroatoms. The molecule has 0 aliphatic carbocycles. The zero-order valence-corrected chi connectivity index (χ0v) is 13.4.